The van der Waals surface area contributed by atoms with E-state index in [0.29, 0.717) is 6.10 Å². The number of rotatable bonds is 6. The fourth-order valence-electron chi connectivity index (χ4n) is 1.86. The molecule has 0 aromatic carbocycles. The molecule has 0 spiro atoms. The molecule has 1 fully saturated rings. The van der Waals surface area contributed by atoms with Gasteiger partial charge in [-0.3, -0.25) is 0 Å². The van der Waals surface area contributed by atoms with Gasteiger partial charge in [-0.05, 0) is 19.4 Å². The van der Waals surface area contributed by atoms with E-state index in [4.69, 9.17) is 4.74 Å². The van der Waals surface area contributed by atoms with Crippen LogP contribution in [0.1, 0.15) is 23.2 Å². The van der Waals surface area contributed by atoms with E-state index in [2.05, 4.69) is 22.5 Å². The molecule has 1 saturated heterocycles. The molecule has 2 N–H and O–H groups in total. The van der Waals surface area contributed by atoms with Crippen LogP contribution < -0.4 is 10.6 Å². The maximum atomic E-state index is 5.64. The van der Waals surface area contributed by atoms with E-state index in [1.165, 1.54) is 9.88 Å². The van der Waals surface area contributed by atoms with Crippen LogP contribution in [0.15, 0.2) is 6.20 Å². The summed E-state index contributed by atoms with van der Waals surface area (Å²) in [5, 5.41) is 7.95. The van der Waals surface area contributed by atoms with Crippen LogP contribution in [0.3, 0.4) is 0 Å². The molecule has 1 unspecified atom stereocenters. The van der Waals surface area contributed by atoms with Gasteiger partial charge in [0.05, 0.1) is 12.7 Å². The molecule has 2 rings (SSSR count). The van der Waals surface area contributed by atoms with Gasteiger partial charge in [0.15, 0.2) is 0 Å². The summed E-state index contributed by atoms with van der Waals surface area (Å²) in [5.74, 6) is 0. The molecule has 1 aliphatic heterocycles. The molecular formula is C12H21N3OS. The summed E-state index contributed by atoms with van der Waals surface area (Å²) in [5.41, 5.74) is 0. The lowest BCUT2D eigenvalue weighted by atomic mass is 10.2. The Balaban J connectivity index is 1.59. The van der Waals surface area contributed by atoms with Crippen LogP contribution in [0, 0.1) is 0 Å². The van der Waals surface area contributed by atoms with Crippen LogP contribution >= 0.6 is 11.3 Å². The summed E-state index contributed by atoms with van der Waals surface area (Å²) >= 11 is 1.80. The average Bonchev–Trinajstić information content (AvgIpc) is 2.84. The van der Waals surface area contributed by atoms with E-state index >= 15 is 0 Å². The van der Waals surface area contributed by atoms with E-state index in [-0.39, 0.29) is 0 Å². The van der Waals surface area contributed by atoms with Crippen LogP contribution in [-0.4, -0.2) is 37.3 Å². The van der Waals surface area contributed by atoms with Crippen LogP contribution in [0.2, 0.25) is 0 Å². The number of aromatic nitrogens is 1. The molecule has 0 amide bonds. The highest BCUT2D eigenvalue weighted by Gasteiger charge is 2.12. The lowest BCUT2D eigenvalue weighted by Crippen LogP contribution is -2.39. The molecule has 1 aromatic heterocycles. The maximum Gasteiger partial charge on any atom is 0.107 e. The van der Waals surface area contributed by atoms with Crippen molar-refractivity contribution >= 4 is 11.3 Å². The number of thiazole rings is 1. The molecule has 96 valence electrons. The highest BCUT2D eigenvalue weighted by molar-refractivity contribution is 7.11. The number of aryl methyl sites for hydroxylation is 1. The first-order chi connectivity index (χ1) is 8.38. The Kier molecular flexibility index (Phi) is 5.38. The summed E-state index contributed by atoms with van der Waals surface area (Å²) in [6, 6.07) is 0. The van der Waals surface area contributed by atoms with Gasteiger partial charge < -0.3 is 15.4 Å². The standard InChI is InChI=1S/C12H21N3OS/c1-2-11-8-15-12(17-11)9-13-4-3-10-7-14-5-6-16-10/h8,10,13-14H,2-7,9H2,1H3. The third-order valence-electron chi connectivity index (χ3n) is 2.87. The van der Waals surface area contributed by atoms with Gasteiger partial charge in [-0.15, -0.1) is 11.3 Å². The number of morpholine rings is 1. The van der Waals surface area contributed by atoms with Gasteiger partial charge in [-0.25, -0.2) is 4.98 Å². The first-order valence-corrected chi connectivity index (χ1v) is 7.16. The molecule has 0 saturated carbocycles. The molecule has 0 radical (unpaired) electrons. The fourth-order valence-corrected chi connectivity index (χ4v) is 2.69. The Hall–Kier alpha value is -0.490. The van der Waals surface area contributed by atoms with Gasteiger partial charge in [0, 0.05) is 30.7 Å². The quantitative estimate of drug-likeness (QED) is 0.749. The Labute approximate surface area is 107 Å². The van der Waals surface area contributed by atoms with E-state index < -0.39 is 0 Å². The zero-order valence-corrected chi connectivity index (χ0v) is 11.2. The van der Waals surface area contributed by atoms with Crippen LogP contribution in [0.4, 0.5) is 0 Å². The van der Waals surface area contributed by atoms with Crippen molar-refractivity contribution in [1.29, 1.82) is 0 Å². The second-order valence-electron chi connectivity index (χ2n) is 4.24. The largest absolute Gasteiger partial charge is 0.376 e. The van der Waals surface area contributed by atoms with Gasteiger partial charge in [0.2, 0.25) is 0 Å². The normalized spacial score (nSPS) is 20.6. The van der Waals surface area contributed by atoms with Gasteiger partial charge in [0.25, 0.3) is 0 Å². The van der Waals surface area contributed by atoms with E-state index in [0.717, 1.165) is 45.6 Å². The third kappa shape index (κ3) is 4.35. The minimum absolute atomic E-state index is 0.374. The Bertz CT molecular complexity index is 323. The van der Waals surface area contributed by atoms with E-state index in [1.54, 1.807) is 11.3 Å². The average molecular weight is 255 g/mol. The van der Waals surface area contributed by atoms with Gasteiger partial charge in [0.1, 0.15) is 5.01 Å². The third-order valence-corrected chi connectivity index (χ3v) is 4.02. The summed E-state index contributed by atoms with van der Waals surface area (Å²) in [4.78, 5) is 5.75. The van der Waals surface area contributed by atoms with Crippen LogP contribution in [0.5, 0.6) is 0 Å². The molecule has 1 aliphatic rings. The lowest BCUT2D eigenvalue weighted by Gasteiger charge is -2.23. The molecule has 0 aliphatic carbocycles. The number of nitrogens with zero attached hydrogens (tertiary/aromatic N) is 1. The van der Waals surface area contributed by atoms with Crippen LogP contribution in [-0.2, 0) is 17.7 Å². The summed E-state index contributed by atoms with van der Waals surface area (Å²) in [6.45, 7) is 6.86. The second kappa shape index (κ2) is 7.06. The monoisotopic (exact) mass is 255 g/mol. The smallest absolute Gasteiger partial charge is 0.107 e. The Morgan fingerprint density at radius 2 is 2.59 bits per heavy atom. The van der Waals surface area contributed by atoms with E-state index in [9.17, 15) is 0 Å². The lowest BCUT2D eigenvalue weighted by molar-refractivity contribution is 0.0238. The van der Waals surface area contributed by atoms with Crippen molar-refractivity contribution in [3.8, 4) is 0 Å². The summed E-state index contributed by atoms with van der Waals surface area (Å²) < 4.78 is 5.64. The second-order valence-corrected chi connectivity index (χ2v) is 5.44. The topological polar surface area (TPSA) is 46.2 Å². The number of nitrogens with one attached hydrogen (secondary N) is 2. The minimum atomic E-state index is 0.374. The molecule has 17 heavy (non-hydrogen) atoms. The summed E-state index contributed by atoms with van der Waals surface area (Å²) in [7, 11) is 0. The Morgan fingerprint density at radius 3 is 3.29 bits per heavy atom. The fraction of sp³-hybridized carbons (Fsp3) is 0.750. The molecular weight excluding hydrogens is 234 g/mol. The van der Waals surface area contributed by atoms with Crippen molar-refractivity contribution < 1.29 is 4.74 Å². The molecule has 4 nitrogen and oxygen atoms in total. The van der Waals surface area contributed by atoms with Crippen LogP contribution in [0.25, 0.3) is 0 Å². The first kappa shape index (κ1) is 13.0. The predicted molar refractivity (Wildman–Crippen MR) is 70.4 cm³/mol. The van der Waals surface area contributed by atoms with Crippen molar-refractivity contribution in [3.05, 3.63) is 16.1 Å². The molecule has 1 atom stereocenters. The van der Waals surface area contributed by atoms with Gasteiger partial charge >= 0.3 is 0 Å². The van der Waals surface area contributed by atoms with Crippen molar-refractivity contribution in [2.75, 3.05) is 26.2 Å². The number of hydrogen-bond acceptors (Lipinski definition) is 5. The zero-order chi connectivity index (χ0) is 11.9. The van der Waals surface area contributed by atoms with Crippen molar-refractivity contribution in [1.82, 2.24) is 15.6 Å². The highest BCUT2D eigenvalue weighted by Crippen LogP contribution is 2.12. The first-order valence-electron chi connectivity index (χ1n) is 6.35. The molecule has 5 heteroatoms. The van der Waals surface area contributed by atoms with E-state index in [1.807, 2.05) is 6.20 Å². The van der Waals surface area contributed by atoms with Crippen molar-refractivity contribution in [2.24, 2.45) is 0 Å². The van der Waals surface area contributed by atoms with Crippen molar-refractivity contribution in [2.45, 2.75) is 32.4 Å². The molecule has 1 aromatic rings. The Morgan fingerprint density at radius 1 is 1.65 bits per heavy atom. The van der Waals surface area contributed by atoms with Gasteiger partial charge in [-0.1, -0.05) is 6.92 Å². The molecule has 2 heterocycles. The number of hydrogen-bond donors (Lipinski definition) is 2. The SMILES string of the molecule is CCc1cnc(CNCCC2CNCCO2)s1. The number of ether oxygens (including phenoxy) is 1. The van der Waals surface area contributed by atoms with Gasteiger partial charge in [-0.2, -0.15) is 0 Å². The minimum Gasteiger partial charge on any atom is -0.376 e. The molecule has 0 bridgehead atoms. The zero-order valence-electron chi connectivity index (χ0n) is 10.4. The van der Waals surface area contributed by atoms with Crippen molar-refractivity contribution in [3.63, 3.8) is 0 Å². The summed E-state index contributed by atoms with van der Waals surface area (Å²) in [6.07, 6.45) is 4.51. The predicted octanol–water partition coefficient (Wildman–Crippen LogP) is 1.17. The highest BCUT2D eigenvalue weighted by atomic mass is 32.1. The maximum absolute atomic E-state index is 5.64.